The number of hydrogen-bond acceptors (Lipinski definition) is 3. The molecule has 0 saturated heterocycles. The molecule has 2 atom stereocenters. The van der Waals surface area contributed by atoms with E-state index in [4.69, 9.17) is 32.7 Å². The Kier molecular flexibility index (Phi) is 9.57. The van der Waals surface area contributed by atoms with Gasteiger partial charge in [-0.1, -0.05) is 36.4 Å². The summed E-state index contributed by atoms with van der Waals surface area (Å²) in [5, 5.41) is 3.43. The fraction of sp³-hybridized carbons (Fsp3) is 0.400. The third-order valence-corrected chi connectivity index (χ3v) is 4.13. The monoisotopic (exact) mass is 381 g/mol. The molecule has 0 aliphatic carbocycles. The minimum absolute atomic E-state index is 0.0216. The molecule has 1 N–H and O–H groups in total. The van der Waals surface area contributed by atoms with Crippen LogP contribution in [0.3, 0.4) is 0 Å². The highest BCUT2D eigenvalue weighted by atomic mass is 35.5. The number of ether oxygens (including phenoxy) is 2. The number of rotatable bonds is 12. The maximum atomic E-state index is 6.00. The third kappa shape index (κ3) is 8.00. The van der Waals surface area contributed by atoms with E-state index in [1.807, 2.05) is 60.7 Å². The first-order chi connectivity index (χ1) is 12.3. The fourth-order valence-electron chi connectivity index (χ4n) is 2.44. The lowest BCUT2D eigenvalue weighted by Gasteiger charge is -2.22. The van der Waals surface area contributed by atoms with Gasteiger partial charge in [-0.3, -0.25) is 0 Å². The highest BCUT2D eigenvalue weighted by molar-refractivity contribution is 6.18. The second kappa shape index (κ2) is 12.0. The van der Waals surface area contributed by atoms with Gasteiger partial charge < -0.3 is 14.8 Å². The van der Waals surface area contributed by atoms with Crippen molar-refractivity contribution >= 4 is 23.2 Å². The molecule has 0 saturated carbocycles. The van der Waals surface area contributed by atoms with Gasteiger partial charge in [-0.2, -0.15) is 0 Å². The molecule has 0 heterocycles. The van der Waals surface area contributed by atoms with Crippen molar-refractivity contribution in [1.82, 2.24) is 5.32 Å². The molecule has 2 rings (SSSR count). The van der Waals surface area contributed by atoms with E-state index >= 15 is 0 Å². The van der Waals surface area contributed by atoms with Crippen molar-refractivity contribution in [2.24, 2.45) is 0 Å². The average molecular weight is 382 g/mol. The number of benzene rings is 2. The van der Waals surface area contributed by atoms with Gasteiger partial charge in [0.1, 0.15) is 23.7 Å². The van der Waals surface area contributed by atoms with Crippen LogP contribution in [0, 0.1) is 0 Å². The molecular formula is C20H25Cl2NO2. The molecule has 0 aliphatic rings. The van der Waals surface area contributed by atoms with E-state index in [1.165, 1.54) is 0 Å². The summed E-state index contributed by atoms with van der Waals surface area (Å²) in [6.45, 7) is 1.41. The average Bonchev–Trinajstić information content (AvgIpc) is 2.64. The molecule has 2 aromatic rings. The van der Waals surface area contributed by atoms with E-state index in [0.29, 0.717) is 24.8 Å². The fourth-order valence-corrected chi connectivity index (χ4v) is 2.92. The van der Waals surface area contributed by atoms with E-state index in [2.05, 4.69) is 5.32 Å². The zero-order valence-corrected chi connectivity index (χ0v) is 15.8. The Labute approximate surface area is 160 Å². The highest BCUT2D eigenvalue weighted by Gasteiger charge is 2.13. The summed E-state index contributed by atoms with van der Waals surface area (Å²) >= 11 is 11.8. The molecule has 0 bridgehead atoms. The Balaban J connectivity index is 1.81. The Bertz CT molecular complexity index is 517. The summed E-state index contributed by atoms with van der Waals surface area (Å²) in [5.74, 6) is 2.84. The van der Waals surface area contributed by atoms with Crippen molar-refractivity contribution in [3.05, 3.63) is 60.7 Å². The first-order valence-corrected chi connectivity index (χ1v) is 9.64. The largest absolute Gasteiger partial charge is 0.489 e. The van der Waals surface area contributed by atoms with Crippen LogP contribution in [0.2, 0.25) is 0 Å². The van der Waals surface area contributed by atoms with Crippen LogP contribution in [-0.2, 0) is 0 Å². The van der Waals surface area contributed by atoms with E-state index < -0.39 is 0 Å². The summed E-state index contributed by atoms with van der Waals surface area (Å²) in [6, 6.07) is 19.6. The lowest BCUT2D eigenvalue weighted by Crippen LogP contribution is -2.38. The highest BCUT2D eigenvalue weighted by Crippen LogP contribution is 2.14. The molecule has 5 heteroatoms. The van der Waals surface area contributed by atoms with Crippen molar-refractivity contribution in [3.8, 4) is 11.5 Å². The van der Waals surface area contributed by atoms with E-state index in [1.54, 1.807) is 0 Å². The van der Waals surface area contributed by atoms with Crippen LogP contribution >= 0.6 is 23.2 Å². The summed E-state index contributed by atoms with van der Waals surface area (Å²) in [6.07, 6.45) is 1.60. The van der Waals surface area contributed by atoms with Crippen LogP contribution in [0.15, 0.2) is 60.7 Å². The first kappa shape index (κ1) is 19.9. The molecule has 2 unspecified atom stereocenters. The van der Waals surface area contributed by atoms with Gasteiger partial charge in [-0.25, -0.2) is 0 Å². The molecule has 136 valence electrons. The third-order valence-electron chi connectivity index (χ3n) is 3.70. The van der Waals surface area contributed by atoms with Crippen LogP contribution < -0.4 is 14.8 Å². The molecule has 2 aromatic carbocycles. The second-order valence-corrected chi connectivity index (χ2v) is 6.48. The number of alkyl halides is 2. The van der Waals surface area contributed by atoms with Crippen LogP contribution in [0.25, 0.3) is 0 Å². The van der Waals surface area contributed by atoms with Gasteiger partial charge in [-0.15, -0.1) is 23.2 Å². The van der Waals surface area contributed by atoms with Gasteiger partial charge in [0.2, 0.25) is 0 Å². The number of nitrogens with one attached hydrogen (secondary N) is 1. The maximum Gasteiger partial charge on any atom is 0.119 e. The van der Waals surface area contributed by atoms with Crippen LogP contribution in [0.1, 0.15) is 12.8 Å². The molecule has 0 spiro atoms. The summed E-state index contributed by atoms with van der Waals surface area (Å²) < 4.78 is 12.0. The summed E-state index contributed by atoms with van der Waals surface area (Å²) in [4.78, 5) is 0. The Morgan fingerprint density at radius 3 is 1.44 bits per heavy atom. The smallest absolute Gasteiger partial charge is 0.119 e. The first-order valence-electron chi connectivity index (χ1n) is 8.58. The van der Waals surface area contributed by atoms with E-state index in [0.717, 1.165) is 24.3 Å². The van der Waals surface area contributed by atoms with Gasteiger partial charge in [0, 0.05) is 24.8 Å². The minimum Gasteiger partial charge on any atom is -0.489 e. The summed E-state index contributed by atoms with van der Waals surface area (Å²) in [5.41, 5.74) is 0. The van der Waals surface area contributed by atoms with Crippen LogP contribution in [0.5, 0.6) is 11.5 Å². The molecule has 25 heavy (non-hydrogen) atoms. The van der Waals surface area contributed by atoms with Gasteiger partial charge in [0.15, 0.2) is 0 Å². The topological polar surface area (TPSA) is 30.5 Å². The lowest BCUT2D eigenvalue weighted by molar-refractivity contribution is 0.167. The number of para-hydroxylation sites is 2. The maximum absolute atomic E-state index is 6.00. The van der Waals surface area contributed by atoms with E-state index in [-0.39, 0.29) is 12.2 Å². The predicted molar refractivity (Wildman–Crippen MR) is 105 cm³/mol. The number of hydrogen-bond donors (Lipinski definition) is 1. The molecule has 0 amide bonds. The molecule has 0 radical (unpaired) electrons. The normalized spacial score (nSPS) is 13.2. The molecule has 0 aliphatic heterocycles. The van der Waals surface area contributed by atoms with Gasteiger partial charge in [0.25, 0.3) is 0 Å². The molecule has 0 aromatic heterocycles. The van der Waals surface area contributed by atoms with Gasteiger partial charge >= 0.3 is 0 Å². The quantitative estimate of drug-likeness (QED) is 0.539. The lowest BCUT2D eigenvalue weighted by atomic mass is 10.2. The van der Waals surface area contributed by atoms with Crippen LogP contribution in [0.4, 0.5) is 0 Å². The Morgan fingerprint density at radius 2 is 1.08 bits per heavy atom. The van der Waals surface area contributed by atoms with Gasteiger partial charge in [0.05, 0.1) is 0 Å². The Hall–Kier alpha value is -1.42. The van der Waals surface area contributed by atoms with Crippen molar-refractivity contribution in [3.63, 3.8) is 0 Å². The van der Waals surface area contributed by atoms with Crippen molar-refractivity contribution < 1.29 is 9.47 Å². The second-order valence-electron chi connectivity index (χ2n) is 5.72. The van der Waals surface area contributed by atoms with Crippen molar-refractivity contribution in [2.45, 2.75) is 25.0 Å². The molecule has 0 fully saturated rings. The zero-order valence-electron chi connectivity index (χ0n) is 14.2. The summed E-state index contributed by atoms with van der Waals surface area (Å²) in [7, 11) is 0. The zero-order chi connectivity index (χ0) is 17.7. The SMILES string of the molecule is ClCCC(CNCC(CCCl)Oc1ccccc1)Oc1ccccc1. The molecular weight excluding hydrogens is 357 g/mol. The number of halogens is 2. The predicted octanol–water partition coefficient (Wildman–Crippen LogP) is 4.73. The molecule has 3 nitrogen and oxygen atoms in total. The van der Waals surface area contributed by atoms with Crippen LogP contribution in [-0.4, -0.2) is 37.1 Å². The standard InChI is InChI=1S/C20H25Cl2NO2/c21-13-11-19(24-17-7-3-1-4-8-17)15-23-16-20(12-14-22)25-18-9-5-2-6-10-18/h1-10,19-20,23H,11-16H2. The minimum atomic E-state index is 0.0216. The van der Waals surface area contributed by atoms with Gasteiger partial charge in [-0.05, 0) is 37.1 Å². The van der Waals surface area contributed by atoms with E-state index in [9.17, 15) is 0 Å². The Morgan fingerprint density at radius 1 is 0.680 bits per heavy atom. The van der Waals surface area contributed by atoms with Crippen molar-refractivity contribution in [1.29, 1.82) is 0 Å². The van der Waals surface area contributed by atoms with Crippen molar-refractivity contribution in [2.75, 3.05) is 24.8 Å².